The van der Waals surface area contributed by atoms with E-state index in [2.05, 4.69) is 4.90 Å². The number of hydrogen-bond donors (Lipinski definition) is 0. The molecule has 0 N–H and O–H groups in total. The minimum Gasteiger partial charge on any atom is -0.379 e. The molecular weight excluding hydrogens is 290 g/mol. The van der Waals surface area contributed by atoms with E-state index in [0.717, 1.165) is 43.9 Å². The lowest BCUT2D eigenvalue weighted by molar-refractivity contribution is 0.0364. The monoisotopic (exact) mass is 309 g/mol. The van der Waals surface area contributed by atoms with Crippen LogP contribution >= 0.6 is 11.6 Å². The maximum atomic E-state index is 12.6. The molecule has 5 nitrogen and oxygen atoms in total. The molecule has 0 spiro atoms. The molecule has 2 heterocycles. The van der Waals surface area contributed by atoms with E-state index in [-0.39, 0.29) is 5.69 Å². The Hall–Kier alpha value is -1.30. The molecule has 0 saturated carbocycles. The lowest BCUT2D eigenvalue weighted by atomic mass is 10.3. The Balaban J connectivity index is 1.87. The normalized spacial score (nSPS) is 16.6. The van der Waals surface area contributed by atoms with Crippen LogP contribution in [0.3, 0.4) is 0 Å². The molecule has 0 radical (unpaired) electrons. The molecule has 1 fully saturated rings. The fourth-order valence-corrected chi connectivity index (χ4v) is 3.02. The number of ether oxygens (including phenoxy) is 1. The van der Waals surface area contributed by atoms with Crippen LogP contribution in [-0.2, 0) is 17.8 Å². The quantitative estimate of drug-likeness (QED) is 0.783. The predicted molar refractivity (Wildman–Crippen MR) is 84.2 cm³/mol. The number of nitrogens with zero attached hydrogens (tertiary/aromatic N) is 3. The highest BCUT2D eigenvalue weighted by molar-refractivity contribution is 6.17. The van der Waals surface area contributed by atoms with Crippen LogP contribution < -0.4 is 5.69 Å². The number of alkyl halides is 1. The van der Waals surface area contributed by atoms with Crippen LogP contribution in [0, 0.1) is 0 Å². The molecule has 2 aromatic rings. The zero-order chi connectivity index (χ0) is 14.7. The smallest absolute Gasteiger partial charge is 0.329 e. The first kappa shape index (κ1) is 14.6. The van der Waals surface area contributed by atoms with Crippen LogP contribution in [0.1, 0.15) is 0 Å². The van der Waals surface area contributed by atoms with Gasteiger partial charge in [0, 0.05) is 38.6 Å². The molecule has 6 heteroatoms. The summed E-state index contributed by atoms with van der Waals surface area (Å²) in [4.78, 5) is 14.9. The lowest BCUT2D eigenvalue weighted by Crippen LogP contribution is -2.39. The Labute approximate surface area is 128 Å². The molecule has 21 heavy (non-hydrogen) atoms. The number of aryl methyl sites for hydroxylation is 1. The summed E-state index contributed by atoms with van der Waals surface area (Å²) in [5, 5.41) is 0. The van der Waals surface area contributed by atoms with Crippen molar-refractivity contribution in [2.24, 2.45) is 0 Å². The van der Waals surface area contributed by atoms with Gasteiger partial charge in [-0.3, -0.25) is 14.0 Å². The second-order valence-corrected chi connectivity index (χ2v) is 5.60. The Bertz CT molecular complexity index is 658. The average molecular weight is 310 g/mol. The topological polar surface area (TPSA) is 39.4 Å². The first-order chi connectivity index (χ1) is 10.3. The molecule has 0 aliphatic carbocycles. The largest absolute Gasteiger partial charge is 0.379 e. The minimum atomic E-state index is 0.0325. The number of rotatable bonds is 5. The molecule has 1 aliphatic heterocycles. The zero-order valence-corrected chi connectivity index (χ0v) is 12.8. The van der Waals surface area contributed by atoms with Crippen molar-refractivity contribution in [3.63, 3.8) is 0 Å². The second-order valence-electron chi connectivity index (χ2n) is 5.22. The van der Waals surface area contributed by atoms with Crippen molar-refractivity contribution in [2.45, 2.75) is 13.1 Å². The molecule has 0 unspecified atom stereocenters. The number of benzene rings is 1. The molecule has 1 saturated heterocycles. The van der Waals surface area contributed by atoms with Crippen LogP contribution in [0.4, 0.5) is 0 Å². The highest BCUT2D eigenvalue weighted by atomic mass is 35.5. The number of halogens is 1. The SMILES string of the molecule is O=c1n(CCCl)c2ccccc2n1CCN1CCOCC1. The van der Waals surface area contributed by atoms with Crippen molar-refractivity contribution in [1.82, 2.24) is 14.0 Å². The molecular formula is C15H20ClN3O2. The average Bonchev–Trinajstić information content (AvgIpc) is 2.79. The van der Waals surface area contributed by atoms with Crippen LogP contribution in [0.2, 0.25) is 0 Å². The van der Waals surface area contributed by atoms with Crippen molar-refractivity contribution < 1.29 is 4.74 Å². The maximum Gasteiger partial charge on any atom is 0.329 e. The fourth-order valence-electron chi connectivity index (χ4n) is 2.86. The van der Waals surface area contributed by atoms with Gasteiger partial charge in [0.15, 0.2) is 0 Å². The molecule has 0 bridgehead atoms. The van der Waals surface area contributed by atoms with E-state index in [1.165, 1.54) is 0 Å². The van der Waals surface area contributed by atoms with Gasteiger partial charge in [0.05, 0.1) is 24.2 Å². The van der Waals surface area contributed by atoms with Crippen LogP contribution in [0.15, 0.2) is 29.1 Å². The van der Waals surface area contributed by atoms with Crippen molar-refractivity contribution >= 4 is 22.6 Å². The van der Waals surface area contributed by atoms with Gasteiger partial charge in [-0.2, -0.15) is 0 Å². The van der Waals surface area contributed by atoms with Gasteiger partial charge in [-0.15, -0.1) is 11.6 Å². The molecule has 1 aliphatic rings. The fraction of sp³-hybridized carbons (Fsp3) is 0.533. The molecule has 3 rings (SSSR count). The van der Waals surface area contributed by atoms with Gasteiger partial charge in [-0.25, -0.2) is 4.79 Å². The van der Waals surface area contributed by atoms with E-state index >= 15 is 0 Å². The molecule has 114 valence electrons. The van der Waals surface area contributed by atoms with Crippen molar-refractivity contribution in [2.75, 3.05) is 38.7 Å². The third kappa shape index (κ3) is 3.00. The third-order valence-electron chi connectivity index (χ3n) is 3.98. The molecule has 0 amide bonds. The van der Waals surface area contributed by atoms with E-state index in [4.69, 9.17) is 16.3 Å². The number of aromatic nitrogens is 2. The summed E-state index contributed by atoms with van der Waals surface area (Å²) in [5.41, 5.74) is 1.98. The first-order valence-electron chi connectivity index (χ1n) is 7.35. The van der Waals surface area contributed by atoms with Crippen LogP contribution in [-0.4, -0.2) is 52.8 Å². The molecule has 1 aromatic carbocycles. The van der Waals surface area contributed by atoms with Gasteiger partial charge < -0.3 is 4.74 Å². The standard InChI is InChI=1S/C15H20ClN3O2/c16-5-6-18-13-3-1-2-4-14(13)19(15(18)20)8-7-17-9-11-21-12-10-17/h1-4H,5-12H2. The molecule has 0 atom stereocenters. The van der Waals surface area contributed by atoms with Crippen molar-refractivity contribution in [3.8, 4) is 0 Å². The lowest BCUT2D eigenvalue weighted by Gasteiger charge is -2.26. The number of morpholine rings is 1. The third-order valence-corrected chi connectivity index (χ3v) is 4.15. The maximum absolute atomic E-state index is 12.6. The number of fused-ring (bicyclic) bond motifs is 1. The number of hydrogen-bond acceptors (Lipinski definition) is 3. The van der Waals surface area contributed by atoms with Gasteiger partial charge >= 0.3 is 5.69 Å². The van der Waals surface area contributed by atoms with Gasteiger partial charge in [0.2, 0.25) is 0 Å². The second kappa shape index (κ2) is 6.64. The summed E-state index contributed by atoms with van der Waals surface area (Å²) in [5.74, 6) is 0.442. The summed E-state index contributed by atoms with van der Waals surface area (Å²) in [6.45, 7) is 5.56. The van der Waals surface area contributed by atoms with E-state index in [1.807, 2.05) is 28.8 Å². The highest BCUT2D eigenvalue weighted by Crippen LogP contribution is 2.13. The first-order valence-corrected chi connectivity index (χ1v) is 7.89. The van der Waals surface area contributed by atoms with E-state index in [0.29, 0.717) is 19.0 Å². The Morgan fingerprint density at radius 2 is 1.62 bits per heavy atom. The summed E-state index contributed by atoms with van der Waals surface area (Å²) in [6, 6.07) is 7.91. The van der Waals surface area contributed by atoms with E-state index < -0.39 is 0 Å². The summed E-state index contributed by atoms with van der Waals surface area (Å²) in [6.07, 6.45) is 0. The van der Waals surface area contributed by atoms with Gasteiger partial charge in [0.25, 0.3) is 0 Å². The Morgan fingerprint density at radius 1 is 1.00 bits per heavy atom. The minimum absolute atomic E-state index is 0.0325. The van der Waals surface area contributed by atoms with Gasteiger partial charge in [-0.05, 0) is 12.1 Å². The van der Waals surface area contributed by atoms with Gasteiger partial charge in [-0.1, -0.05) is 12.1 Å². The zero-order valence-electron chi connectivity index (χ0n) is 12.0. The Kier molecular flexibility index (Phi) is 4.63. The van der Waals surface area contributed by atoms with Crippen molar-refractivity contribution in [3.05, 3.63) is 34.7 Å². The Morgan fingerprint density at radius 3 is 2.24 bits per heavy atom. The van der Waals surface area contributed by atoms with E-state index in [1.54, 1.807) is 4.57 Å². The molecule has 1 aromatic heterocycles. The van der Waals surface area contributed by atoms with Crippen molar-refractivity contribution in [1.29, 1.82) is 0 Å². The van der Waals surface area contributed by atoms with E-state index in [9.17, 15) is 4.79 Å². The number of imidazole rings is 1. The predicted octanol–water partition coefficient (Wildman–Crippen LogP) is 1.37. The van der Waals surface area contributed by atoms with Crippen LogP contribution in [0.25, 0.3) is 11.0 Å². The van der Waals surface area contributed by atoms with Crippen LogP contribution in [0.5, 0.6) is 0 Å². The summed E-state index contributed by atoms with van der Waals surface area (Å²) < 4.78 is 8.98. The number of para-hydroxylation sites is 2. The summed E-state index contributed by atoms with van der Waals surface area (Å²) in [7, 11) is 0. The summed E-state index contributed by atoms with van der Waals surface area (Å²) >= 11 is 5.83. The highest BCUT2D eigenvalue weighted by Gasteiger charge is 2.14. The van der Waals surface area contributed by atoms with Gasteiger partial charge in [0.1, 0.15) is 0 Å².